The van der Waals surface area contributed by atoms with E-state index in [1.807, 2.05) is 27.7 Å². The number of esters is 1. The van der Waals surface area contributed by atoms with Crippen LogP contribution in [0.3, 0.4) is 0 Å². The summed E-state index contributed by atoms with van der Waals surface area (Å²) in [6.45, 7) is 15.4. The lowest BCUT2D eigenvalue weighted by Crippen LogP contribution is -2.51. The summed E-state index contributed by atoms with van der Waals surface area (Å²) in [5, 5.41) is 24.1. The van der Waals surface area contributed by atoms with Crippen LogP contribution in [-0.4, -0.2) is 39.9 Å². The van der Waals surface area contributed by atoms with Crippen LogP contribution in [0.25, 0.3) is 0 Å². The standard InChI is InChI=1S/C31H50NO4/c1-19(18-36-27(34)26-17-28(2,3)32(35)29(26,4)5)23-10-11-24-22-9-8-20-16-21(33)12-14-30(20,6)25(22)13-15-31(23,24)7/h8,19,21-26,33H,9-18H2,1-7H3/t19-,21+,22+,23-,24+,25+,26?,30+,31-/m1/s1. The molecule has 5 heteroatoms. The Hall–Kier alpha value is -0.910. The first-order valence-electron chi connectivity index (χ1n) is 14.7. The molecule has 5 rings (SSSR count). The van der Waals surface area contributed by atoms with Gasteiger partial charge in [0.25, 0.3) is 0 Å². The number of aliphatic hydroxyl groups excluding tert-OH is 1. The predicted molar refractivity (Wildman–Crippen MR) is 140 cm³/mol. The number of carbonyl (C=O) groups excluding carboxylic acids is 1. The first-order valence-corrected chi connectivity index (χ1v) is 14.7. The maximum Gasteiger partial charge on any atom is 0.310 e. The van der Waals surface area contributed by atoms with E-state index < -0.39 is 11.1 Å². The Morgan fingerprint density at radius 3 is 2.47 bits per heavy atom. The van der Waals surface area contributed by atoms with Gasteiger partial charge in [-0.1, -0.05) is 32.4 Å². The number of fused-ring (bicyclic) bond motifs is 5. The zero-order valence-electron chi connectivity index (χ0n) is 23.8. The molecule has 1 heterocycles. The zero-order valence-corrected chi connectivity index (χ0v) is 23.8. The third kappa shape index (κ3) is 3.93. The molecular formula is C31H50NO4. The number of allylic oxidation sites excluding steroid dienone is 1. The molecule has 3 saturated carbocycles. The maximum absolute atomic E-state index is 13.1. The highest BCUT2D eigenvalue weighted by Crippen LogP contribution is 2.67. The Kier molecular flexibility index (Phi) is 6.53. The van der Waals surface area contributed by atoms with Gasteiger partial charge in [-0.15, -0.1) is 10.3 Å². The van der Waals surface area contributed by atoms with E-state index in [4.69, 9.17) is 4.74 Å². The van der Waals surface area contributed by atoms with Crippen LogP contribution in [0.15, 0.2) is 11.6 Å². The van der Waals surface area contributed by atoms with E-state index in [0.29, 0.717) is 30.3 Å². The molecule has 1 saturated heterocycles. The molecule has 0 bridgehead atoms. The number of aliphatic hydroxyl groups is 1. The summed E-state index contributed by atoms with van der Waals surface area (Å²) in [4.78, 5) is 13.1. The molecule has 0 aromatic heterocycles. The first kappa shape index (κ1) is 26.7. The number of carbonyl (C=O) groups is 1. The number of hydroxylamine groups is 2. The van der Waals surface area contributed by atoms with Gasteiger partial charge in [-0.25, -0.2) is 0 Å². The molecule has 36 heavy (non-hydrogen) atoms. The van der Waals surface area contributed by atoms with E-state index in [2.05, 4.69) is 26.8 Å². The average Bonchev–Trinajstić information content (AvgIpc) is 3.25. The number of nitrogens with zero attached hydrogens (tertiary/aromatic N) is 1. The molecule has 0 amide bonds. The Balaban J connectivity index is 1.25. The van der Waals surface area contributed by atoms with Gasteiger partial charge in [-0.3, -0.25) is 4.79 Å². The van der Waals surface area contributed by atoms with Crippen LogP contribution in [0.2, 0.25) is 0 Å². The first-order chi connectivity index (χ1) is 16.7. The Morgan fingerprint density at radius 2 is 1.81 bits per heavy atom. The Morgan fingerprint density at radius 1 is 1.08 bits per heavy atom. The van der Waals surface area contributed by atoms with Gasteiger partial charge in [0, 0.05) is 5.54 Å². The summed E-state index contributed by atoms with van der Waals surface area (Å²) < 4.78 is 5.97. The lowest BCUT2D eigenvalue weighted by Gasteiger charge is -2.58. The monoisotopic (exact) mass is 500 g/mol. The second kappa shape index (κ2) is 8.81. The van der Waals surface area contributed by atoms with Crippen molar-refractivity contribution in [2.24, 2.45) is 46.3 Å². The highest BCUT2D eigenvalue weighted by molar-refractivity contribution is 5.74. The molecule has 1 N–H and O–H groups in total. The van der Waals surface area contributed by atoms with Crippen LogP contribution in [0, 0.1) is 46.3 Å². The second-order valence-electron chi connectivity index (χ2n) is 15.0. The van der Waals surface area contributed by atoms with E-state index in [9.17, 15) is 15.1 Å². The molecule has 4 fully saturated rings. The van der Waals surface area contributed by atoms with E-state index >= 15 is 0 Å². The number of hydrogen-bond acceptors (Lipinski definition) is 4. The molecule has 1 aliphatic heterocycles. The summed E-state index contributed by atoms with van der Waals surface area (Å²) in [5.74, 6) is 2.57. The smallest absolute Gasteiger partial charge is 0.310 e. The molecule has 0 aromatic rings. The fourth-order valence-corrected chi connectivity index (χ4v) is 10.2. The van der Waals surface area contributed by atoms with Gasteiger partial charge in [0.05, 0.1) is 24.2 Å². The SMILES string of the molecule is C[C@H](COC(=O)C1CC(C)(C)N([O])C1(C)C)[C@H]1CC[C@H]2[C@@H]3CC=C4C[C@@H](O)CC[C@]4(C)[C@H]3CC[C@]12C. The van der Waals surface area contributed by atoms with Gasteiger partial charge >= 0.3 is 5.97 Å². The Bertz CT molecular complexity index is 910. The van der Waals surface area contributed by atoms with Crippen molar-refractivity contribution in [1.82, 2.24) is 5.06 Å². The minimum atomic E-state index is -0.731. The molecule has 0 aromatic carbocycles. The molecule has 4 aliphatic carbocycles. The number of rotatable bonds is 4. The topological polar surface area (TPSA) is 69.7 Å². The van der Waals surface area contributed by atoms with Crippen LogP contribution in [0.4, 0.5) is 0 Å². The molecule has 5 aliphatic rings. The van der Waals surface area contributed by atoms with Crippen LogP contribution >= 0.6 is 0 Å². The zero-order chi connectivity index (χ0) is 26.3. The number of ether oxygens (including phenoxy) is 1. The average molecular weight is 501 g/mol. The molecule has 1 unspecified atom stereocenters. The van der Waals surface area contributed by atoms with E-state index in [-0.39, 0.29) is 23.4 Å². The quantitative estimate of drug-likeness (QED) is 0.362. The van der Waals surface area contributed by atoms with Crippen molar-refractivity contribution >= 4 is 5.97 Å². The van der Waals surface area contributed by atoms with Gasteiger partial charge in [0.2, 0.25) is 0 Å². The van der Waals surface area contributed by atoms with Crippen molar-refractivity contribution in [1.29, 1.82) is 0 Å². The van der Waals surface area contributed by atoms with Crippen molar-refractivity contribution in [3.05, 3.63) is 11.6 Å². The van der Waals surface area contributed by atoms with Crippen molar-refractivity contribution < 1.29 is 19.8 Å². The van der Waals surface area contributed by atoms with E-state index in [1.165, 1.54) is 37.7 Å². The van der Waals surface area contributed by atoms with Crippen molar-refractivity contribution in [3.8, 4) is 0 Å². The minimum Gasteiger partial charge on any atom is -0.465 e. The fourth-order valence-electron chi connectivity index (χ4n) is 10.2. The summed E-state index contributed by atoms with van der Waals surface area (Å²) >= 11 is 0. The summed E-state index contributed by atoms with van der Waals surface area (Å²) in [6, 6.07) is 0. The second-order valence-corrected chi connectivity index (χ2v) is 15.0. The van der Waals surface area contributed by atoms with Crippen LogP contribution in [0.5, 0.6) is 0 Å². The summed E-state index contributed by atoms with van der Waals surface area (Å²) in [6.07, 6.45) is 12.1. The van der Waals surface area contributed by atoms with Crippen molar-refractivity contribution in [2.75, 3.05) is 6.61 Å². The maximum atomic E-state index is 13.1. The molecule has 9 atom stereocenters. The largest absolute Gasteiger partial charge is 0.465 e. The predicted octanol–water partition coefficient (Wildman–Crippen LogP) is 6.33. The minimum absolute atomic E-state index is 0.147. The summed E-state index contributed by atoms with van der Waals surface area (Å²) in [7, 11) is 0. The van der Waals surface area contributed by atoms with E-state index in [1.54, 1.807) is 0 Å². The Labute approximate surface area is 219 Å². The van der Waals surface area contributed by atoms with Crippen molar-refractivity contribution in [2.45, 2.75) is 123 Å². The fraction of sp³-hybridized carbons (Fsp3) is 0.903. The van der Waals surface area contributed by atoms with Gasteiger partial charge < -0.3 is 9.84 Å². The third-order valence-electron chi connectivity index (χ3n) is 12.2. The normalized spacial score (nSPS) is 46.3. The molecule has 0 spiro atoms. The lowest BCUT2D eigenvalue weighted by atomic mass is 9.47. The van der Waals surface area contributed by atoms with Gasteiger partial charge in [-0.2, -0.15) is 0 Å². The van der Waals surface area contributed by atoms with Crippen LogP contribution in [0.1, 0.15) is 106 Å². The van der Waals surface area contributed by atoms with Crippen molar-refractivity contribution in [3.63, 3.8) is 0 Å². The molecule has 1 radical (unpaired) electrons. The van der Waals surface area contributed by atoms with Gasteiger partial charge in [0.15, 0.2) is 0 Å². The van der Waals surface area contributed by atoms with Gasteiger partial charge in [0.1, 0.15) is 0 Å². The highest BCUT2D eigenvalue weighted by atomic mass is 16.5. The van der Waals surface area contributed by atoms with Crippen LogP contribution < -0.4 is 0 Å². The van der Waals surface area contributed by atoms with Crippen LogP contribution in [-0.2, 0) is 14.7 Å². The van der Waals surface area contributed by atoms with Gasteiger partial charge in [-0.05, 0) is 126 Å². The number of hydrogen-bond donors (Lipinski definition) is 1. The van der Waals surface area contributed by atoms with E-state index in [0.717, 1.165) is 42.1 Å². The molecular weight excluding hydrogens is 450 g/mol. The molecule has 5 nitrogen and oxygen atoms in total. The third-order valence-corrected chi connectivity index (χ3v) is 12.2. The lowest BCUT2D eigenvalue weighted by molar-refractivity contribution is -0.249. The molecule has 203 valence electrons. The highest BCUT2D eigenvalue weighted by Gasteiger charge is 2.60. The summed E-state index contributed by atoms with van der Waals surface area (Å²) in [5.41, 5.74) is 0.857.